The van der Waals surface area contributed by atoms with Crippen molar-refractivity contribution in [3.8, 4) is 11.3 Å². The number of benzene rings is 3. The molecule has 4 rings (SSSR count). The van der Waals surface area contributed by atoms with Crippen LogP contribution in [-0.2, 0) is 13.1 Å². The van der Waals surface area contributed by atoms with E-state index in [0.717, 1.165) is 17.8 Å². The van der Waals surface area contributed by atoms with Gasteiger partial charge in [-0.1, -0.05) is 66.7 Å². The molecule has 3 aromatic carbocycles. The van der Waals surface area contributed by atoms with E-state index in [1.807, 2.05) is 19.3 Å². The van der Waals surface area contributed by atoms with Crippen LogP contribution in [0.15, 0.2) is 79.0 Å². The van der Waals surface area contributed by atoms with Gasteiger partial charge in [0.2, 0.25) is 5.95 Å². The van der Waals surface area contributed by atoms with Gasteiger partial charge in [0.1, 0.15) is 0 Å². The van der Waals surface area contributed by atoms with Crippen molar-refractivity contribution in [1.82, 2.24) is 15.3 Å². The molecule has 0 spiro atoms. The zero-order chi connectivity index (χ0) is 18.5. The first-order valence-corrected chi connectivity index (χ1v) is 9.11. The van der Waals surface area contributed by atoms with Crippen LogP contribution in [0.3, 0.4) is 0 Å². The zero-order valence-corrected chi connectivity index (χ0v) is 15.3. The highest BCUT2D eigenvalue weighted by Crippen LogP contribution is 2.27. The molecule has 134 valence electrons. The van der Waals surface area contributed by atoms with E-state index in [2.05, 4.69) is 82.3 Å². The number of anilines is 1. The maximum absolute atomic E-state index is 4.72. The predicted octanol–water partition coefficient (Wildman–Crippen LogP) is 4.63. The highest BCUT2D eigenvalue weighted by Gasteiger charge is 2.06. The molecule has 4 heteroatoms. The fraction of sp³-hybridized carbons (Fsp3) is 0.130. The van der Waals surface area contributed by atoms with Crippen LogP contribution in [0.4, 0.5) is 5.95 Å². The minimum atomic E-state index is 0.639. The first kappa shape index (κ1) is 17.2. The molecule has 0 saturated carbocycles. The van der Waals surface area contributed by atoms with Crippen molar-refractivity contribution in [3.05, 3.63) is 90.1 Å². The van der Waals surface area contributed by atoms with Crippen molar-refractivity contribution < 1.29 is 0 Å². The zero-order valence-electron chi connectivity index (χ0n) is 15.3. The third-order valence-electron chi connectivity index (χ3n) is 4.58. The number of hydrogen-bond acceptors (Lipinski definition) is 4. The van der Waals surface area contributed by atoms with Gasteiger partial charge in [-0.3, -0.25) is 0 Å². The van der Waals surface area contributed by atoms with E-state index in [4.69, 9.17) is 4.98 Å². The Kier molecular flexibility index (Phi) is 5.08. The van der Waals surface area contributed by atoms with Crippen LogP contribution in [-0.4, -0.2) is 17.0 Å². The Morgan fingerprint density at radius 2 is 1.52 bits per heavy atom. The Morgan fingerprint density at radius 1 is 0.778 bits per heavy atom. The molecule has 0 atom stereocenters. The molecule has 0 amide bonds. The molecule has 2 N–H and O–H groups in total. The molecular weight excluding hydrogens is 332 g/mol. The van der Waals surface area contributed by atoms with Gasteiger partial charge in [0, 0.05) is 24.8 Å². The van der Waals surface area contributed by atoms with Crippen molar-refractivity contribution in [2.24, 2.45) is 0 Å². The summed E-state index contributed by atoms with van der Waals surface area (Å²) < 4.78 is 0. The highest BCUT2D eigenvalue weighted by molar-refractivity contribution is 5.95. The number of nitrogens with zero attached hydrogens (tertiary/aromatic N) is 2. The Morgan fingerprint density at radius 3 is 2.33 bits per heavy atom. The van der Waals surface area contributed by atoms with Crippen molar-refractivity contribution in [3.63, 3.8) is 0 Å². The molecule has 27 heavy (non-hydrogen) atoms. The van der Waals surface area contributed by atoms with Crippen molar-refractivity contribution in [2.45, 2.75) is 13.1 Å². The summed E-state index contributed by atoms with van der Waals surface area (Å²) in [5.41, 5.74) is 4.52. The number of aromatic nitrogens is 2. The normalized spacial score (nSPS) is 10.9. The molecule has 0 saturated heterocycles. The molecule has 0 aliphatic heterocycles. The maximum atomic E-state index is 4.72. The smallest absolute Gasteiger partial charge is 0.223 e. The molecule has 0 radical (unpaired) electrons. The first-order valence-electron chi connectivity index (χ1n) is 9.11. The molecular formula is C23H22N4. The van der Waals surface area contributed by atoms with Gasteiger partial charge in [-0.05, 0) is 35.0 Å². The minimum Gasteiger partial charge on any atom is -0.350 e. The summed E-state index contributed by atoms with van der Waals surface area (Å²) in [5, 5.41) is 8.90. The van der Waals surface area contributed by atoms with Crippen LogP contribution in [0.1, 0.15) is 11.1 Å². The molecule has 4 nitrogen and oxygen atoms in total. The number of fused-ring (bicyclic) bond motifs is 1. The molecule has 1 heterocycles. The Bertz CT molecular complexity index is 1040. The predicted molar refractivity (Wildman–Crippen MR) is 112 cm³/mol. The van der Waals surface area contributed by atoms with Crippen molar-refractivity contribution in [2.75, 3.05) is 12.4 Å². The average Bonchev–Trinajstić information content (AvgIpc) is 2.73. The van der Waals surface area contributed by atoms with E-state index >= 15 is 0 Å². The topological polar surface area (TPSA) is 49.8 Å². The Balaban J connectivity index is 1.54. The third-order valence-corrected chi connectivity index (χ3v) is 4.58. The van der Waals surface area contributed by atoms with Gasteiger partial charge in [-0.15, -0.1) is 0 Å². The summed E-state index contributed by atoms with van der Waals surface area (Å²) >= 11 is 0. The van der Waals surface area contributed by atoms with Gasteiger partial charge >= 0.3 is 0 Å². The molecule has 1 aromatic heterocycles. The summed E-state index contributed by atoms with van der Waals surface area (Å²) in [6.07, 6.45) is 1.81. The van der Waals surface area contributed by atoms with E-state index < -0.39 is 0 Å². The average molecular weight is 354 g/mol. The van der Waals surface area contributed by atoms with Gasteiger partial charge < -0.3 is 10.6 Å². The lowest BCUT2D eigenvalue weighted by atomic mass is 10.0. The number of rotatable bonds is 6. The van der Waals surface area contributed by atoms with Crippen LogP contribution in [0.2, 0.25) is 0 Å². The van der Waals surface area contributed by atoms with Crippen LogP contribution in [0.25, 0.3) is 22.0 Å². The van der Waals surface area contributed by atoms with Gasteiger partial charge in [0.05, 0.1) is 5.69 Å². The monoisotopic (exact) mass is 354 g/mol. The second-order valence-corrected chi connectivity index (χ2v) is 6.49. The highest BCUT2D eigenvalue weighted by atomic mass is 15.1. The Hall–Kier alpha value is -3.24. The third kappa shape index (κ3) is 3.96. The fourth-order valence-corrected chi connectivity index (χ4v) is 3.20. The van der Waals surface area contributed by atoms with E-state index in [1.54, 1.807) is 0 Å². The summed E-state index contributed by atoms with van der Waals surface area (Å²) in [7, 11) is 1.95. The van der Waals surface area contributed by atoms with Crippen LogP contribution in [0.5, 0.6) is 0 Å². The lowest BCUT2D eigenvalue weighted by Crippen LogP contribution is -2.06. The largest absolute Gasteiger partial charge is 0.350 e. The Labute approximate surface area is 159 Å². The minimum absolute atomic E-state index is 0.639. The van der Waals surface area contributed by atoms with E-state index in [1.165, 1.54) is 21.9 Å². The molecule has 4 aromatic rings. The fourth-order valence-electron chi connectivity index (χ4n) is 3.20. The van der Waals surface area contributed by atoms with E-state index in [-0.39, 0.29) is 0 Å². The molecule has 0 fully saturated rings. The van der Waals surface area contributed by atoms with Crippen molar-refractivity contribution >= 4 is 16.7 Å². The number of nitrogens with one attached hydrogen (secondary N) is 2. The van der Waals surface area contributed by atoms with Gasteiger partial charge in [-0.2, -0.15) is 0 Å². The second-order valence-electron chi connectivity index (χ2n) is 6.49. The van der Waals surface area contributed by atoms with Gasteiger partial charge in [0.25, 0.3) is 0 Å². The summed E-state index contributed by atoms with van der Waals surface area (Å²) in [5.74, 6) is 0.639. The lowest BCUT2D eigenvalue weighted by Gasteiger charge is -2.09. The molecule has 0 aliphatic rings. The van der Waals surface area contributed by atoms with Gasteiger partial charge in [0.15, 0.2) is 0 Å². The first-order chi connectivity index (χ1) is 13.3. The van der Waals surface area contributed by atoms with Crippen LogP contribution >= 0.6 is 0 Å². The van der Waals surface area contributed by atoms with Crippen LogP contribution in [0, 0.1) is 0 Å². The maximum Gasteiger partial charge on any atom is 0.223 e. The molecule has 0 unspecified atom stereocenters. The van der Waals surface area contributed by atoms with Crippen LogP contribution < -0.4 is 10.6 Å². The van der Waals surface area contributed by atoms with Gasteiger partial charge in [-0.25, -0.2) is 9.97 Å². The van der Waals surface area contributed by atoms with E-state index in [9.17, 15) is 0 Å². The SMILES string of the molecule is CNCc1ccc(CNc2nccc(-c3cccc4ccccc34)n2)cc1. The molecule has 0 bridgehead atoms. The summed E-state index contributed by atoms with van der Waals surface area (Å²) in [6, 6.07) is 25.2. The number of hydrogen-bond donors (Lipinski definition) is 2. The van der Waals surface area contributed by atoms with E-state index in [0.29, 0.717) is 12.5 Å². The quantitative estimate of drug-likeness (QED) is 0.530. The summed E-state index contributed by atoms with van der Waals surface area (Å²) in [4.78, 5) is 9.10. The van der Waals surface area contributed by atoms with Crippen molar-refractivity contribution in [1.29, 1.82) is 0 Å². The second kappa shape index (κ2) is 7.98. The summed E-state index contributed by atoms with van der Waals surface area (Å²) in [6.45, 7) is 1.57. The standard InChI is InChI=1S/C23H22N4/c1-24-15-17-9-11-18(12-10-17)16-26-23-25-14-13-22(27-23)21-8-4-6-19-5-2-3-7-20(19)21/h2-14,24H,15-16H2,1H3,(H,25,26,27). The lowest BCUT2D eigenvalue weighted by molar-refractivity contribution is 0.817. The molecule has 0 aliphatic carbocycles.